The normalized spacial score (nSPS) is 21.1. The van der Waals surface area contributed by atoms with Crippen molar-refractivity contribution in [3.8, 4) is 11.5 Å². The highest BCUT2D eigenvalue weighted by molar-refractivity contribution is 5.53. The van der Waals surface area contributed by atoms with Gasteiger partial charge >= 0.3 is 0 Å². The van der Waals surface area contributed by atoms with Gasteiger partial charge in [0, 0.05) is 12.0 Å². The van der Waals surface area contributed by atoms with E-state index >= 15 is 0 Å². The number of aromatic nitrogens is 2. The summed E-state index contributed by atoms with van der Waals surface area (Å²) in [4.78, 5) is 0. The van der Waals surface area contributed by atoms with Crippen LogP contribution in [0.4, 0.5) is 0 Å². The molecular weight excluding hydrogens is 296 g/mol. The molecule has 3 rings (SSSR count). The first-order chi connectivity index (χ1) is 11.8. The van der Waals surface area contributed by atoms with E-state index in [4.69, 9.17) is 4.42 Å². The molecule has 0 radical (unpaired) electrons. The second kappa shape index (κ2) is 8.46. The zero-order valence-electron chi connectivity index (χ0n) is 15.1. The highest BCUT2D eigenvalue weighted by Crippen LogP contribution is 2.38. The Bertz CT molecular complexity index is 609. The van der Waals surface area contributed by atoms with Crippen LogP contribution in [-0.4, -0.2) is 10.2 Å². The first-order valence-corrected chi connectivity index (χ1v) is 9.72. The fraction of sp³-hybridized carbons (Fsp3) is 0.619. The summed E-state index contributed by atoms with van der Waals surface area (Å²) in [6.45, 7) is 4.32. The summed E-state index contributed by atoms with van der Waals surface area (Å²) >= 11 is 0. The van der Waals surface area contributed by atoms with Crippen LogP contribution in [0.3, 0.4) is 0 Å². The number of hydrogen-bond donors (Lipinski definition) is 0. The summed E-state index contributed by atoms with van der Waals surface area (Å²) in [5, 5.41) is 8.17. The van der Waals surface area contributed by atoms with E-state index in [1.54, 1.807) is 0 Å². The van der Waals surface area contributed by atoms with E-state index in [1.807, 2.05) is 6.92 Å². The molecular formula is C21H30N2O. The SMILES string of the molecule is CCCCCC1CCC(c2ccc(-c3nnc(CC)o3)cc2)CC1. The second-order valence-corrected chi connectivity index (χ2v) is 7.19. The van der Waals surface area contributed by atoms with Crippen molar-refractivity contribution in [2.24, 2.45) is 5.92 Å². The Morgan fingerprint density at radius 2 is 1.71 bits per heavy atom. The Hall–Kier alpha value is -1.64. The number of nitrogens with zero attached hydrogens (tertiary/aromatic N) is 2. The zero-order chi connectivity index (χ0) is 16.8. The third kappa shape index (κ3) is 4.25. The summed E-state index contributed by atoms with van der Waals surface area (Å²) < 4.78 is 5.64. The molecule has 24 heavy (non-hydrogen) atoms. The van der Waals surface area contributed by atoms with Crippen LogP contribution in [0.1, 0.15) is 82.6 Å². The largest absolute Gasteiger partial charge is 0.421 e. The van der Waals surface area contributed by atoms with E-state index < -0.39 is 0 Å². The Morgan fingerprint density at radius 1 is 0.958 bits per heavy atom. The van der Waals surface area contributed by atoms with E-state index in [1.165, 1.54) is 56.9 Å². The average molecular weight is 326 g/mol. The molecule has 1 saturated carbocycles. The van der Waals surface area contributed by atoms with E-state index in [0.717, 1.165) is 23.8 Å². The molecule has 0 amide bonds. The predicted molar refractivity (Wildman–Crippen MR) is 98.0 cm³/mol. The molecule has 3 heteroatoms. The predicted octanol–water partition coefficient (Wildman–Crippen LogP) is 6.15. The Balaban J connectivity index is 1.55. The van der Waals surface area contributed by atoms with Gasteiger partial charge in [0.05, 0.1) is 0 Å². The van der Waals surface area contributed by atoms with Crippen molar-refractivity contribution >= 4 is 0 Å². The van der Waals surface area contributed by atoms with Crippen LogP contribution in [0.5, 0.6) is 0 Å². The molecule has 1 aromatic heterocycles. The summed E-state index contributed by atoms with van der Waals surface area (Å²) in [5.41, 5.74) is 2.50. The highest BCUT2D eigenvalue weighted by Gasteiger charge is 2.22. The molecule has 1 heterocycles. The molecule has 1 aliphatic rings. The minimum Gasteiger partial charge on any atom is -0.421 e. The smallest absolute Gasteiger partial charge is 0.247 e. The number of aryl methyl sites for hydroxylation is 1. The lowest BCUT2D eigenvalue weighted by atomic mass is 9.77. The molecule has 1 aromatic carbocycles. The van der Waals surface area contributed by atoms with Gasteiger partial charge in [-0.25, -0.2) is 0 Å². The number of benzene rings is 1. The van der Waals surface area contributed by atoms with Gasteiger partial charge < -0.3 is 4.42 Å². The number of rotatable bonds is 7. The van der Waals surface area contributed by atoms with Crippen molar-refractivity contribution in [2.75, 3.05) is 0 Å². The van der Waals surface area contributed by atoms with Crippen LogP contribution in [0.2, 0.25) is 0 Å². The minimum absolute atomic E-state index is 0.637. The van der Waals surface area contributed by atoms with Gasteiger partial charge in [-0.2, -0.15) is 0 Å². The van der Waals surface area contributed by atoms with Crippen molar-refractivity contribution in [3.05, 3.63) is 35.7 Å². The van der Waals surface area contributed by atoms with Crippen molar-refractivity contribution < 1.29 is 4.42 Å². The molecule has 1 fully saturated rings. The molecule has 2 aromatic rings. The molecule has 3 nitrogen and oxygen atoms in total. The quantitative estimate of drug-likeness (QED) is 0.572. The fourth-order valence-corrected chi connectivity index (χ4v) is 3.88. The highest BCUT2D eigenvalue weighted by atomic mass is 16.4. The number of hydrogen-bond acceptors (Lipinski definition) is 3. The van der Waals surface area contributed by atoms with E-state index in [2.05, 4.69) is 41.4 Å². The van der Waals surface area contributed by atoms with Gasteiger partial charge in [-0.3, -0.25) is 0 Å². The molecule has 0 spiro atoms. The van der Waals surface area contributed by atoms with Crippen LogP contribution in [0, 0.1) is 5.92 Å². The summed E-state index contributed by atoms with van der Waals surface area (Å²) in [7, 11) is 0. The maximum absolute atomic E-state index is 5.64. The van der Waals surface area contributed by atoms with Gasteiger partial charge in [0.15, 0.2) is 0 Å². The third-order valence-corrected chi connectivity index (χ3v) is 5.46. The molecule has 0 unspecified atom stereocenters. The van der Waals surface area contributed by atoms with Crippen LogP contribution >= 0.6 is 0 Å². The second-order valence-electron chi connectivity index (χ2n) is 7.19. The maximum atomic E-state index is 5.64. The van der Waals surface area contributed by atoms with Crippen LogP contribution in [-0.2, 0) is 6.42 Å². The minimum atomic E-state index is 0.637. The van der Waals surface area contributed by atoms with Gasteiger partial charge in [-0.15, -0.1) is 10.2 Å². The lowest BCUT2D eigenvalue weighted by Crippen LogP contribution is -2.13. The molecule has 0 bridgehead atoms. The van der Waals surface area contributed by atoms with E-state index in [-0.39, 0.29) is 0 Å². The van der Waals surface area contributed by atoms with Crippen molar-refractivity contribution in [1.82, 2.24) is 10.2 Å². The molecule has 0 N–H and O–H groups in total. The van der Waals surface area contributed by atoms with Crippen LogP contribution in [0.15, 0.2) is 28.7 Å². The van der Waals surface area contributed by atoms with Gasteiger partial charge in [0.2, 0.25) is 11.8 Å². The third-order valence-electron chi connectivity index (χ3n) is 5.46. The first-order valence-electron chi connectivity index (χ1n) is 9.72. The Kier molecular flexibility index (Phi) is 6.06. The monoisotopic (exact) mass is 326 g/mol. The van der Waals surface area contributed by atoms with Crippen molar-refractivity contribution in [3.63, 3.8) is 0 Å². The first kappa shape index (κ1) is 17.2. The van der Waals surface area contributed by atoms with E-state index in [9.17, 15) is 0 Å². The lowest BCUT2D eigenvalue weighted by molar-refractivity contribution is 0.303. The van der Waals surface area contributed by atoms with Gasteiger partial charge in [0.25, 0.3) is 0 Å². The molecule has 0 aliphatic heterocycles. The standard InChI is InChI=1S/C21H30N2O/c1-3-5-6-7-16-8-10-17(11-9-16)18-12-14-19(15-13-18)21-23-22-20(4-2)24-21/h12-17H,3-11H2,1-2H3. The average Bonchev–Trinajstić information content (AvgIpc) is 3.12. The summed E-state index contributed by atoms with van der Waals surface area (Å²) in [5.74, 6) is 3.04. The summed E-state index contributed by atoms with van der Waals surface area (Å²) in [6.07, 6.45) is 11.9. The molecule has 130 valence electrons. The van der Waals surface area contributed by atoms with Crippen molar-refractivity contribution in [2.45, 2.75) is 77.6 Å². The van der Waals surface area contributed by atoms with Gasteiger partial charge in [-0.05, 0) is 55.2 Å². The fourth-order valence-electron chi connectivity index (χ4n) is 3.88. The summed E-state index contributed by atoms with van der Waals surface area (Å²) in [6, 6.07) is 8.78. The van der Waals surface area contributed by atoms with Crippen LogP contribution < -0.4 is 0 Å². The molecule has 1 aliphatic carbocycles. The van der Waals surface area contributed by atoms with E-state index in [0.29, 0.717) is 11.8 Å². The lowest BCUT2D eigenvalue weighted by Gasteiger charge is -2.29. The molecule has 0 atom stereocenters. The van der Waals surface area contributed by atoms with Gasteiger partial charge in [0.1, 0.15) is 0 Å². The Morgan fingerprint density at radius 3 is 2.33 bits per heavy atom. The van der Waals surface area contributed by atoms with Crippen molar-refractivity contribution in [1.29, 1.82) is 0 Å². The Labute approximate surface area is 145 Å². The topological polar surface area (TPSA) is 38.9 Å². The molecule has 0 saturated heterocycles. The number of unbranched alkanes of at least 4 members (excludes halogenated alkanes) is 2. The zero-order valence-corrected chi connectivity index (χ0v) is 15.1. The van der Waals surface area contributed by atoms with Crippen LogP contribution in [0.25, 0.3) is 11.5 Å². The maximum Gasteiger partial charge on any atom is 0.247 e. The van der Waals surface area contributed by atoms with Gasteiger partial charge in [-0.1, -0.05) is 51.7 Å².